The number of pyridine rings is 1. The number of likely N-dealkylation sites (N-methyl/N-ethyl adjacent to an activating group) is 1. The van der Waals surface area contributed by atoms with E-state index in [0.717, 1.165) is 101 Å². The number of aromatic nitrogens is 2. The van der Waals surface area contributed by atoms with Gasteiger partial charge in [0.15, 0.2) is 0 Å². The molecular formula is C58H83N7O7. The lowest BCUT2D eigenvalue weighted by Gasteiger charge is -2.35. The molecule has 3 heterocycles. The van der Waals surface area contributed by atoms with Gasteiger partial charge in [-0.1, -0.05) is 66.2 Å². The van der Waals surface area contributed by atoms with Crippen molar-refractivity contribution < 1.29 is 33.4 Å². The maximum Gasteiger partial charge on any atom is 0.293 e. The number of hydrazine groups is 1. The Hall–Kier alpha value is -5.41. The minimum Gasteiger partial charge on any atom is -0.467 e. The van der Waals surface area contributed by atoms with Crippen molar-refractivity contribution in [3.8, 4) is 28.1 Å². The van der Waals surface area contributed by atoms with Gasteiger partial charge in [0.1, 0.15) is 18.1 Å². The van der Waals surface area contributed by atoms with Gasteiger partial charge in [-0.25, -0.2) is 5.43 Å². The molecule has 1 aliphatic carbocycles. The lowest BCUT2D eigenvalue weighted by molar-refractivity contribution is -0.141. The highest BCUT2D eigenvalue weighted by Gasteiger charge is 2.37. The number of carbonyl (C=O) groups excluding carboxylic acids is 4. The van der Waals surface area contributed by atoms with Gasteiger partial charge in [0, 0.05) is 79.6 Å². The quantitative estimate of drug-likeness (QED) is 0.0436. The fourth-order valence-electron chi connectivity index (χ4n) is 10.6. The minimum absolute atomic E-state index is 0.0469. The standard InChI is InChI=1S/C58H83N7O7/c1-12-62(9)35-42(36-66)24-28-63(10)54(44-19-14-15-20-44)56(68)61-51(57(69)65-27-17-16-26-60-65)31-43-29-46(32-47(30-43)72-40(5)39(3)4)45-22-23-52-49(33-45)50(34-58(7,8)37-71-38-67)55(64(52)13-2)48-21-18-25-59-53(48)41(6)70-11/h18,21-23,25,29-30,32-33,36,38-39,41-42,44,51,54,60H,5,12-17,19-20,24,26-28,31,34-35,37H2,1-4,6-11H3,(H,61,68). The van der Waals surface area contributed by atoms with E-state index in [4.69, 9.17) is 19.2 Å². The highest BCUT2D eigenvalue weighted by atomic mass is 16.5. The summed E-state index contributed by atoms with van der Waals surface area (Å²) >= 11 is 0. The number of hydrogen-bond donors (Lipinski definition) is 2. The topological polar surface area (TPSA) is 148 Å². The molecule has 2 aromatic carbocycles. The molecule has 0 radical (unpaired) electrons. The van der Waals surface area contributed by atoms with E-state index in [0.29, 0.717) is 63.5 Å². The third-order valence-electron chi connectivity index (χ3n) is 14.9. The number of amides is 2. The highest BCUT2D eigenvalue weighted by Crippen LogP contribution is 2.42. The molecule has 0 bridgehead atoms. The van der Waals surface area contributed by atoms with E-state index in [2.05, 4.69) is 89.7 Å². The number of ether oxygens (including phenoxy) is 3. The van der Waals surface area contributed by atoms with Crippen molar-refractivity contribution in [1.82, 2.24) is 35.1 Å². The summed E-state index contributed by atoms with van der Waals surface area (Å²) in [6, 6.07) is 15.3. The molecule has 2 amide bonds. The zero-order valence-electron chi connectivity index (χ0n) is 44.9. The summed E-state index contributed by atoms with van der Waals surface area (Å²) in [6.07, 6.45) is 9.83. The number of fused-ring (bicyclic) bond motifs is 1. The Morgan fingerprint density at radius 2 is 1.78 bits per heavy atom. The molecule has 2 aromatic heterocycles. The molecule has 4 aromatic rings. The molecule has 1 saturated carbocycles. The van der Waals surface area contributed by atoms with Crippen LogP contribution in [0, 0.1) is 23.2 Å². The van der Waals surface area contributed by atoms with Crippen molar-refractivity contribution in [2.75, 3.05) is 60.5 Å². The molecule has 14 heteroatoms. The van der Waals surface area contributed by atoms with E-state index in [-0.39, 0.29) is 48.7 Å². The first-order chi connectivity index (χ1) is 34.5. The molecule has 2 N–H and O–H groups in total. The van der Waals surface area contributed by atoms with Gasteiger partial charge in [-0.15, -0.1) is 0 Å². The smallest absolute Gasteiger partial charge is 0.293 e. The molecule has 72 heavy (non-hydrogen) atoms. The first-order valence-electron chi connectivity index (χ1n) is 26.4. The van der Waals surface area contributed by atoms with Crippen molar-refractivity contribution in [3.63, 3.8) is 0 Å². The zero-order chi connectivity index (χ0) is 52.1. The Morgan fingerprint density at radius 1 is 1.01 bits per heavy atom. The normalized spacial score (nSPS) is 16.3. The monoisotopic (exact) mass is 990 g/mol. The fraction of sp³-hybridized carbons (Fsp3) is 0.569. The van der Waals surface area contributed by atoms with Crippen LogP contribution in [0.5, 0.6) is 5.75 Å². The maximum atomic E-state index is 14.9. The molecule has 2 aliphatic rings. The number of allylic oxidation sites excluding steroid dienone is 1. The van der Waals surface area contributed by atoms with Gasteiger partial charge in [-0.2, -0.15) is 0 Å². The molecule has 0 spiro atoms. The summed E-state index contributed by atoms with van der Waals surface area (Å²) in [7, 11) is 5.70. The number of methoxy groups -OCH3 is 1. The molecule has 1 aliphatic heterocycles. The van der Waals surface area contributed by atoms with Crippen molar-refractivity contribution in [2.45, 2.75) is 131 Å². The summed E-state index contributed by atoms with van der Waals surface area (Å²) in [5, 5.41) is 6.05. The van der Waals surface area contributed by atoms with E-state index in [1.807, 2.05) is 53.1 Å². The SMILES string of the molecule is C=C(Oc1cc(CC(NC(=O)C(C2CCCC2)N(C)CCC(C=O)CN(C)CC)C(=O)N2CCCCN2)cc(-c2ccc3c(c2)c(CC(C)(C)COC=O)c(-c2cccnc2C(C)OC)n3CC)c1)C(C)C. The predicted molar refractivity (Wildman–Crippen MR) is 286 cm³/mol. The lowest BCUT2D eigenvalue weighted by atomic mass is 9.84. The van der Waals surface area contributed by atoms with E-state index in [1.165, 1.54) is 0 Å². The molecule has 14 nitrogen and oxygen atoms in total. The summed E-state index contributed by atoms with van der Waals surface area (Å²) in [4.78, 5) is 62.4. The molecule has 2 fully saturated rings. The van der Waals surface area contributed by atoms with Crippen molar-refractivity contribution in [1.29, 1.82) is 0 Å². The number of hydrogen-bond acceptors (Lipinski definition) is 11. The van der Waals surface area contributed by atoms with Crippen LogP contribution in [0.1, 0.15) is 116 Å². The highest BCUT2D eigenvalue weighted by molar-refractivity contribution is 5.95. The van der Waals surface area contributed by atoms with Gasteiger partial charge >= 0.3 is 0 Å². The van der Waals surface area contributed by atoms with Crippen molar-refractivity contribution >= 4 is 35.5 Å². The van der Waals surface area contributed by atoms with Crippen LogP contribution in [0.3, 0.4) is 0 Å². The second kappa shape index (κ2) is 26.0. The largest absolute Gasteiger partial charge is 0.467 e. The minimum atomic E-state index is -0.882. The maximum absolute atomic E-state index is 14.9. The Bertz CT molecular complexity index is 2470. The van der Waals surface area contributed by atoms with Gasteiger partial charge in [-0.3, -0.25) is 29.3 Å². The average molecular weight is 990 g/mol. The average Bonchev–Trinajstić information content (AvgIpc) is 4.02. The van der Waals surface area contributed by atoms with Gasteiger partial charge in [0.25, 0.3) is 12.4 Å². The molecule has 392 valence electrons. The van der Waals surface area contributed by atoms with Gasteiger partial charge < -0.3 is 33.8 Å². The lowest BCUT2D eigenvalue weighted by Crippen LogP contribution is -2.59. The second-order valence-electron chi connectivity index (χ2n) is 21.3. The third kappa shape index (κ3) is 14.0. The molecule has 4 unspecified atom stereocenters. The second-order valence-corrected chi connectivity index (χ2v) is 21.3. The van der Waals surface area contributed by atoms with Gasteiger partial charge in [-0.05, 0) is 144 Å². The summed E-state index contributed by atoms with van der Waals surface area (Å²) in [5.74, 6) is 0.885. The number of benzene rings is 2. The van der Waals surface area contributed by atoms with Crippen LogP contribution in [0.4, 0.5) is 0 Å². The number of nitrogens with zero attached hydrogens (tertiary/aromatic N) is 5. The summed E-state index contributed by atoms with van der Waals surface area (Å²) in [6.45, 7) is 23.5. The molecule has 1 saturated heterocycles. The zero-order valence-corrected chi connectivity index (χ0v) is 44.9. The Morgan fingerprint density at radius 3 is 2.43 bits per heavy atom. The Kier molecular flexibility index (Phi) is 20.2. The van der Waals surface area contributed by atoms with E-state index in [1.54, 1.807) is 18.3 Å². The van der Waals surface area contributed by atoms with Crippen LogP contribution < -0.4 is 15.5 Å². The first kappa shape index (κ1) is 55.9. The number of carbonyl (C=O) groups is 4. The molecule has 6 rings (SSSR count). The third-order valence-corrected chi connectivity index (χ3v) is 14.9. The van der Waals surface area contributed by atoms with Crippen LogP contribution in [-0.4, -0.2) is 122 Å². The fourth-order valence-corrected chi connectivity index (χ4v) is 10.6. The predicted octanol–water partition coefficient (Wildman–Crippen LogP) is 9.19. The van der Waals surface area contributed by atoms with E-state index in [9.17, 15) is 19.2 Å². The van der Waals surface area contributed by atoms with Crippen LogP contribution in [0.2, 0.25) is 0 Å². The summed E-state index contributed by atoms with van der Waals surface area (Å²) in [5.41, 5.74) is 10.5. The number of nitrogens with one attached hydrogen (secondary N) is 2. The van der Waals surface area contributed by atoms with Crippen molar-refractivity contribution in [2.24, 2.45) is 23.2 Å². The van der Waals surface area contributed by atoms with Crippen LogP contribution in [0.15, 0.2) is 67.1 Å². The first-order valence-corrected chi connectivity index (χ1v) is 26.4. The molecule has 4 atom stereocenters. The number of rotatable bonds is 27. The summed E-state index contributed by atoms with van der Waals surface area (Å²) < 4.78 is 20.1. The van der Waals surface area contributed by atoms with Crippen LogP contribution in [0.25, 0.3) is 33.3 Å². The number of aryl methyl sites for hydroxylation is 1. The van der Waals surface area contributed by atoms with Gasteiger partial charge in [0.05, 0.1) is 35.9 Å². The van der Waals surface area contributed by atoms with Crippen molar-refractivity contribution in [3.05, 3.63) is 83.9 Å². The van der Waals surface area contributed by atoms with E-state index >= 15 is 0 Å². The van der Waals surface area contributed by atoms with Crippen LogP contribution >= 0.6 is 0 Å². The van der Waals surface area contributed by atoms with Gasteiger partial charge in [0.2, 0.25) is 5.91 Å². The van der Waals surface area contributed by atoms with E-state index < -0.39 is 17.5 Å². The molecular weight excluding hydrogens is 907 g/mol. The Balaban J connectivity index is 1.45. The number of aldehydes is 1. The van der Waals surface area contributed by atoms with Crippen LogP contribution in [-0.2, 0) is 48.0 Å². The Labute approximate surface area is 429 Å².